The molecule has 0 atom stereocenters. The number of halogens is 4. The average Bonchev–Trinajstić information content (AvgIpc) is 2.78. The second-order valence-corrected chi connectivity index (χ2v) is 5.86. The van der Waals surface area contributed by atoms with Gasteiger partial charge in [0.15, 0.2) is 5.69 Å². The van der Waals surface area contributed by atoms with Gasteiger partial charge in [0.1, 0.15) is 5.60 Å². The lowest BCUT2D eigenvalue weighted by molar-refractivity contribution is -0.141. The molecule has 0 fully saturated rings. The summed E-state index contributed by atoms with van der Waals surface area (Å²) in [6.07, 6.45) is -2.95. The number of hydrogen-bond donors (Lipinski definition) is 1. The Hall–Kier alpha value is -1.22. The van der Waals surface area contributed by atoms with Crippen LogP contribution in [0.3, 0.4) is 0 Å². The van der Waals surface area contributed by atoms with Crippen LogP contribution in [0.4, 0.5) is 17.6 Å². The van der Waals surface area contributed by atoms with Crippen molar-refractivity contribution in [2.24, 2.45) is 7.05 Å². The summed E-state index contributed by atoms with van der Waals surface area (Å²) < 4.78 is 52.6. The number of nitrogens with one attached hydrogen (secondary N) is 1. The normalized spacial score (nSPS) is 18.1. The van der Waals surface area contributed by atoms with Gasteiger partial charge in [-0.25, -0.2) is 4.68 Å². The molecular formula is C11H13F4N3OS. The third-order valence-corrected chi connectivity index (χ3v) is 3.55. The van der Waals surface area contributed by atoms with Crippen molar-refractivity contribution in [2.45, 2.75) is 31.4 Å². The Kier molecular flexibility index (Phi) is 3.76. The van der Waals surface area contributed by atoms with Gasteiger partial charge in [-0.15, -0.1) is 11.8 Å². The van der Waals surface area contributed by atoms with Crippen LogP contribution in [0.5, 0.6) is 0 Å². The van der Waals surface area contributed by atoms with Gasteiger partial charge in [-0.1, -0.05) is 0 Å². The summed E-state index contributed by atoms with van der Waals surface area (Å²) in [6, 6.07) is 0. The van der Waals surface area contributed by atoms with Crippen molar-refractivity contribution in [2.75, 3.05) is 0 Å². The fraction of sp³-hybridized carbons (Fsp3) is 0.545. The summed E-state index contributed by atoms with van der Waals surface area (Å²) in [5.74, 6) is -1.17. The molecule has 1 aromatic heterocycles. The van der Waals surface area contributed by atoms with E-state index in [1.54, 1.807) is 19.9 Å². The van der Waals surface area contributed by atoms with Crippen molar-refractivity contribution in [3.05, 3.63) is 28.3 Å². The fourth-order valence-electron chi connectivity index (χ4n) is 1.68. The molecule has 2 rings (SSSR count). The molecule has 20 heavy (non-hydrogen) atoms. The van der Waals surface area contributed by atoms with Crippen molar-refractivity contribution in [3.63, 3.8) is 0 Å². The van der Waals surface area contributed by atoms with Crippen LogP contribution in [0.15, 0.2) is 11.1 Å². The first-order chi connectivity index (χ1) is 9.10. The first-order valence-electron chi connectivity index (χ1n) is 5.68. The molecule has 0 saturated heterocycles. The highest BCUT2D eigenvalue weighted by atomic mass is 32.2. The molecule has 1 aliphatic rings. The van der Waals surface area contributed by atoms with Gasteiger partial charge in [-0.3, -0.25) is 10.3 Å². The van der Waals surface area contributed by atoms with Crippen LogP contribution in [0.25, 0.3) is 0 Å². The Morgan fingerprint density at radius 2 is 2.10 bits per heavy atom. The number of hydrogen-bond acceptors (Lipinski definition) is 4. The number of rotatable bonds is 3. The van der Waals surface area contributed by atoms with Crippen molar-refractivity contribution >= 4 is 11.8 Å². The van der Waals surface area contributed by atoms with Gasteiger partial charge in [0.25, 0.3) is 0 Å². The summed E-state index contributed by atoms with van der Waals surface area (Å²) in [5.41, 5.74) is 0.404. The van der Waals surface area contributed by atoms with Crippen molar-refractivity contribution in [1.82, 2.24) is 15.3 Å². The first-order valence-corrected chi connectivity index (χ1v) is 6.67. The van der Waals surface area contributed by atoms with Gasteiger partial charge in [-0.05, 0) is 19.9 Å². The number of thioether (sulfide) groups is 1. The number of nitrogens with zero attached hydrogens (tertiary/aromatic N) is 2. The summed E-state index contributed by atoms with van der Waals surface area (Å²) >= 11 is 1.03. The third kappa shape index (κ3) is 3.09. The van der Waals surface area contributed by atoms with E-state index in [1.165, 1.54) is 0 Å². The van der Waals surface area contributed by atoms with Crippen LogP contribution in [0.1, 0.15) is 25.1 Å². The highest BCUT2D eigenvalue weighted by molar-refractivity contribution is 8.02. The largest absolute Gasteiger partial charge is 0.435 e. The third-order valence-electron chi connectivity index (χ3n) is 2.60. The van der Waals surface area contributed by atoms with Crippen LogP contribution in [0, 0.1) is 5.95 Å². The number of aryl methyl sites for hydroxylation is 1. The summed E-state index contributed by atoms with van der Waals surface area (Å²) in [5, 5.41) is 3.74. The van der Waals surface area contributed by atoms with Crippen LogP contribution in [-0.4, -0.2) is 15.4 Å². The summed E-state index contributed by atoms with van der Waals surface area (Å²) in [4.78, 5) is 5.17. The maximum Gasteiger partial charge on any atom is 0.435 e. The van der Waals surface area contributed by atoms with Crippen LogP contribution in [-0.2, 0) is 23.8 Å². The van der Waals surface area contributed by atoms with Gasteiger partial charge in [-0.2, -0.15) is 22.7 Å². The Morgan fingerprint density at radius 3 is 2.60 bits per heavy atom. The van der Waals surface area contributed by atoms with E-state index in [0.29, 0.717) is 9.71 Å². The maximum absolute atomic E-state index is 13.7. The lowest BCUT2D eigenvalue weighted by Gasteiger charge is -2.11. The number of alkyl halides is 3. The summed E-state index contributed by atoms with van der Waals surface area (Å²) in [6.45, 7) is 3.58. The minimum Gasteiger partial charge on any atom is -0.265 e. The molecule has 0 spiro atoms. The van der Waals surface area contributed by atoms with Crippen molar-refractivity contribution in [3.8, 4) is 0 Å². The minimum atomic E-state index is -4.68. The standard InChI is InChI=1S/C11H13F4N3OS/c1-10(2)4-7(17-19-10)20-5-6-8(11(13,14)15)16-18(3)9(6)12/h4,17H,5H2,1-3H3. The first kappa shape index (κ1) is 15.2. The zero-order valence-electron chi connectivity index (χ0n) is 11.0. The highest BCUT2D eigenvalue weighted by Gasteiger charge is 2.39. The zero-order valence-corrected chi connectivity index (χ0v) is 11.8. The minimum absolute atomic E-state index is 0.188. The smallest absolute Gasteiger partial charge is 0.265 e. The molecule has 1 N–H and O–H groups in total. The Balaban J connectivity index is 2.18. The second kappa shape index (κ2) is 4.96. The number of hydroxylamine groups is 1. The van der Waals surface area contributed by atoms with Crippen LogP contribution < -0.4 is 5.48 Å². The van der Waals surface area contributed by atoms with Gasteiger partial charge in [0.05, 0.1) is 5.03 Å². The van der Waals surface area contributed by atoms with Crippen molar-refractivity contribution < 1.29 is 22.4 Å². The maximum atomic E-state index is 13.7. The molecule has 0 aromatic carbocycles. The monoisotopic (exact) mass is 311 g/mol. The van der Waals surface area contributed by atoms with E-state index in [0.717, 1.165) is 18.8 Å². The van der Waals surface area contributed by atoms with E-state index in [-0.39, 0.29) is 5.75 Å². The van der Waals surface area contributed by atoms with Gasteiger partial charge < -0.3 is 0 Å². The second-order valence-electron chi connectivity index (χ2n) is 4.84. The molecule has 9 heteroatoms. The predicted molar refractivity (Wildman–Crippen MR) is 65.8 cm³/mol. The lowest BCUT2D eigenvalue weighted by atomic mass is 10.1. The van der Waals surface area contributed by atoms with Crippen molar-refractivity contribution in [1.29, 1.82) is 0 Å². The topological polar surface area (TPSA) is 39.1 Å². The van der Waals surface area contributed by atoms with Gasteiger partial charge >= 0.3 is 6.18 Å². The molecule has 1 aromatic rings. The Labute approximate surface area is 117 Å². The quantitative estimate of drug-likeness (QED) is 0.871. The lowest BCUT2D eigenvalue weighted by Crippen LogP contribution is -2.20. The summed E-state index contributed by atoms with van der Waals surface area (Å²) in [7, 11) is 1.14. The molecule has 0 bridgehead atoms. The van der Waals surface area contributed by atoms with E-state index in [4.69, 9.17) is 4.84 Å². The van der Waals surface area contributed by atoms with E-state index in [2.05, 4.69) is 10.6 Å². The van der Waals surface area contributed by atoms with Crippen LogP contribution >= 0.6 is 11.8 Å². The molecule has 0 aliphatic carbocycles. The molecule has 0 radical (unpaired) electrons. The van der Waals surface area contributed by atoms with Gasteiger partial charge in [0.2, 0.25) is 5.95 Å². The van der Waals surface area contributed by atoms with E-state index in [1.807, 2.05) is 0 Å². The van der Waals surface area contributed by atoms with Crippen LogP contribution in [0.2, 0.25) is 0 Å². The van der Waals surface area contributed by atoms with E-state index >= 15 is 0 Å². The molecule has 0 saturated carbocycles. The molecule has 4 nitrogen and oxygen atoms in total. The SMILES string of the molecule is Cn1nc(C(F)(F)F)c(CSC2=CC(C)(C)ON2)c1F. The highest BCUT2D eigenvalue weighted by Crippen LogP contribution is 2.35. The molecule has 0 amide bonds. The zero-order chi connectivity index (χ0) is 15.1. The molecule has 0 unspecified atom stereocenters. The molecular weight excluding hydrogens is 298 g/mol. The molecule has 1 aliphatic heterocycles. The fourth-order valence-corrected chi connectivity index (χ4v) is 2.70. The Bertz CT molecular complexity index is 551. The molecule has 112 valence electrons. The average molecular weight is 311 g/mol. The van der Waals surface area contributed by atoms with Gasteiger partial charge in [0, 0.05) is 18.4 Å². The Morgan fingerprint density at radius 1 is 1.45 bits per heavy atom. The number of aromatic nitrogens is 2. The molecule has 2 heterocycles. The predicted octanol–water partition coefficient (Wildman–Crippen LogP) is 2.97. The van der Waals surface area contributed by atoms with E-state index < -0.39 is 29.0 Å². The van der Waals surface area contributed by atoms with E-state index in [9.17, 15) is 17.6 Å².